The van der Waals surface area contributed by atoms with Crippen LogP contribution in [0.1, 0.15) is 18.1 Å². The average Bonchev–Trinajstić information content (AvgIpc) is 2.41. The number of carbonyl (C=O) groups excluding carboxylic acids is 1. The number of benzene rings is 1. The second-order valence-electron chi connectivity index (χ2n) is 4.76. The summed E-state index contributed by atoms with van der Waals surface area (Å²) in [7, 11) is 0. The fourth-order valence-corrected chi connectivity index (χ4v) is 1.71. The molecule has 1 atom stereocenters. The lowest BCUT2D eigenvalue weighted by Crippen LogP contribution is -2.47. The summed E-state index contributed by atoms with van der Waals surface area (Å²) in [6.07, 6.45) is -10.1. The van der Waals surface area contributed by atoms with Gasteiger partial charge in [0.1, 0.15) is 0 Å². The van der Waals surface area contributed by atoms with Gasteiger partial charge in [-0.25, -0.2) is 4.39 Å². The molecular formula is C14H12F7NO. The van der Waals surface area contributed by atoms with Crippen LogP contribution in [0.5, 0.6) is 0 Å². The highest BCUT2D eigenvalue weighted by molar-refractivity contribution is 5.73. The van der Waals surface area contributed by atoms with Crippen LogP contribution in [0, 0.1) is 0 Å². The summed E-state index contributed by atoms with van der Waals surface area (Å²) in [4.78, 5) is 10.7. The molecule has 0 fully saturated rings. The van der Waals surface area contributed by atoms with Crippen LogP contribution < -0.4 is 5.32 Å². The molecular weight excluding hydrogens is 331 g/mol. The monoisotopic (exact) mass is 343 g/mol. The Morgan fingerprint density at radius 2 is 1.52 bits per heavy atom. The third kappa shape index (κ3) is 4.23. The van der Waals surface area contributed by atoms with Crippen molar-refractivity contribution < 1.29 is 35.5 Å². The average molecular weight is 343 g/mol. The van der Waals surface area contributed by atoms with Crippen LogP contribution in [0.15, 0.2) is 30.8 Å². The molecule has 0 radical (unpaired) electrons. The first-order chi connectivity index (χ1) is 10.3. The molecule has 0 spiro atoms. The second kappa shape index (κ2) is 6.21. The number of hydrogen-bond donors (Lipinski definition) is 1. The molecule has 128 valence electrons. The molecule has 9 heteroatoms. The molecule has 1 N–H and O–H groups in total. The first-order valence-corrected chi connectivity index (χ1v) is 6.16. The molecule has 23 heavy (non-hydrogen) atoms. The molecule has 1 aromatic rings. The Bertz CT molecular complexity index is 589. The van der Waals surface area contributed by atoms with E-state index in [1.807, 2.05) is 0 Å². The molecule has 0 saturated carbocycles. The van der Waals surface area contributed by atoms with Crippen molar-refractivity contribution in [2.45, 2.75) is 24.9 Å². The Hall–Kier alpha value is -2.06. The lowest BCUT2D eigenvalue weighted by atomic mass is 9.93. The maximum atomic E-state index is 14.4. The molecule has 0 heterocycles. The summed E-state index contributed by atoms with van der Waals surface area (Å²) in [5, 5.41) is 1.72. The first-order valence-electron chi connectivity index (χ1n) is 6.16. The van der Waals surface area contributed by atoms with Crippen molar-refractivity contribution in [3.05, 3.63) is 42.0 Å². The Morgan fingerprint density at radius 1 is 1.04 bits per heavy atom. The van der Waals surface area contributed by atoms with Gasteiger partial charge in [0.15, 0.2) is 0 Å². The molecule has 0 unspecified atom stereocenters. The Labute approximate surface area is 127 Å². The number of amides is 1. The lowest BCUT2D eigenvalue weighted by molar-refractivity contribution is -0.233. The highest BCUT2D eigenvalue weighted by Gasteiger charge is 2.57. The molecule has 1 aromatic carbocycles. The second-order valence-corrected chi connectivity index (χ2v) is 4.76. The molecule has 0 bridgehead atoms. The van der Waals surface area contributed by atoms with E-state index in [0.29, 0.717) is 24.3 Å². The van der Waals surface area contributed by atoms with Crippen molar-refractivity contribution in [1.29, 1.82) is 0 Å². The van der Waals surface area contributed by atoms with Crippen molar-refractivity contribution in [3.63, 3.8) is 0 Å². The topological polar surface area (TPSA) is 29.1 Å². The normalized spacial score (nSPS) is 15.0. The van der Waals surface area contributed by atoms with E-state index in [-0.39, 0.29) is 0 Å². The largest absolute Gasteiger partial charge is 0.428 e. The minimum atomic E-state index is -5.36. The van der Waals surface area contributed by atoms with Crippen molar-refractivity contribution in [2.75, 3.05) is 6.54 Å². The highest BCUT2D eigenvalue weighted by atomic mass is 19.4. The molecule has 0 aliphatic carbocycles. The van der Waals surface area contributed by atoms with Gasteiger partial charge < -0.3 is 5.32 Å². The number of nitrogens with one attached hydrogen (secondary N) is 1. The van der Waals surface area contributed by atoms with E-state index >= 15 is 0 Å². The van der Waals surface area contributed by atoms with Gasteiger partial charge in [0.05, 0.1) is 12.1 Å². The van der Waals surface area contributed by atoms with Gasteiger partial charge in [0.2, 0.25) is 11.6 Å². The van der Waals surface area contributed by atoms with E-state index < -0.39 is 47.2 Å². The summed E-state index contributed by atoms with van der Waals surface area (Å²) in [6.45, 7) is 2.32. The third-order valence-electron chi connectivity index (χ3n) is 3.06. The van der Waals surface area contributed by atoms with Crippen LogP contribution in [0.25, 0.3) is 5.57 Å². The first kappa shape index (κ1) is 19.0. The SMILES string of the molecule is C=C(c1ccc([C@](F)(CNC(C)=O)C(F)(F)F)cc1)C(F)(F)F. The van der Waals surface area contributed by atoms with Crippen molar-refractivity contribution >= 4 is 11.5 Å². The summed E-state index contributed by atoms with van der Waals surface area (Å²) < 4.78 is 90.7. The molecule has 1 rings (SSSR count). The van der Waals surface area contributed by atoms with Crippen molar-refractivity contribution in [2.24, 2.45) is 0 Å². The molecule has 1 amide bonds. The van der Waals surface area contributed by atoms with Gasteiger partial charge in [0.25, 0.3) is 0 Å². The van der Waals surface area contributed by atoms with Crippen LogP contribution in [-0.2, 0) is 10.5 Å². The Kier molecular flexibility index (Phi) is 5.13. The van der Waals surface area contributed by atoms with Gasteiger partial charge in [-0.1, -0.05) is 30.8 Å². The maximum Gasteiger partial charge on any atom is 0.428 e. The van der Waals surface area contributed by atoms with E-state index in [2.05, 4.69) is 6.58 Å². The number of hydrogen-bond acceptors (Lipinski definition) is 1. The van der Waals surface area contributed by atoms with E-state index in [4.69, 9.17) is 0 Å². The fraction of sp³-hybridized carbons (Fsp3) is 0.357. The van der Waals surface area contributed by atoms with E-state index in [9.17, 15) is 35.5 Å². The lowest BCUT2D eigenvalue weighted by Gasteiger charge is -2.28. The number of carbonyl (C=O) groups is 1. The Morgan fingerprint density at radius 3 is 1.87 bits per heavy atom. The zero-order valence-electron chi connectivity index (χ0n) is 11.8. The smallest absolute Gasteiger partial charge is 0.352 e. The quantitative estimate of drug-likeness (QED) is 0.819. The molecule has 0 aromatic heterocycles. The van der Waals surface area contributed by atoms with E-state index in [0.717, 1.165) is 6.92 Å². The van der Waals surface area contributed by atoms with Crippen LogP contribution >= 0.6 is 0 Å². The van der Waals surface area contributed by atoms with E-state index in [1.54, 1.807) is 5.32 Å². The predicted octanol–water partition coefficient (Wildman–Crippen LogP) is 4.13. The minimum Gasteiger partial charge on any atom is -0.352 e. The zero-order valence-corrected chi connectivity index (χ0v) is 11.8. The summed E-state index contributed by atoms with van der Waals surface area (Å²) in [5.41, 5.74) is -6.58. The molecule has 0 saturated heterocycles. The number of alkyl halides is 7. The van der Waals surface area contributed by atoms with Gasteiger partial charge in [-0.05, 0) is 5.56 Å². The summed E-state index contributed by atoms with van der Waals surface area (Å²) in [6, 6.07) is 2.56. The number of halogens is 7. The predicted molar refractivity (Wildman–Crippen MR) is 69.1 cm³/mol. The summed E-state index contributed by atoms with van der Waals surface area (Å²) in [5.74, 6) is -0.877. The Balaban J connectivity index is 3.19. The van der Waals surface area contributed by atoms with Gasteiger partial charge in [-0.2, -0.15) is 26.3 Å². The van der Waals surface area contributed by atoms with Gasteiger partial charge in [-0.15, -0.1) is 0 Å². The highest BCUT2D eigenvalue weighted by Crippen LogP contribution is 2.43. The van der Waals surface area contributed by atoms with Gasteiger partial charge >= 0.3 is 12.4 Å². The van der Waals surface area contributed by atoms with Crippen LogP contribution in [0.2, 0.25) is 0 Å². The minimum absolute atomic E-state index is 0.481. The molecule has 0 aliphatic rings. The van der Waals surface area contributed by atoms with Crippen LogP contribution in [0.3, 0.4) is 0 Å². The van der Waals surface area contributed by atoms with Gasteiger partial charge in [0, 0.05) is 12.5 Å². The summed E-state index contributed by atoms with van der Waals surface area (Å²) >= 11 is 0. The van der Waals surface area contributed by atoms with Crippen LogP contribution in [0.4, 0.5) is 30.7 Å². The van der Waals surface area contributed by atoms with E-state index in [1.165, 1.54) is 0 Å². The van der Waals surface area contributed by atoms with Crippen molar-refractivity contribution in [1.82, 2.24) is 5.32 Å². The fourth-order valence-electron chi connectivity index (χ4n) is 1.71. The van der Waals surface area contributed by atoms with Crippen LogP contribution in [-0.4, -0.2) is 24.8 Å². The maximum absolute atomic E-state index is 14.4. The third-order valence-corrected chi connectivity index (χ3v) is 3.06. The molecule has 0 aliphatic heterocycles. The van der Waals surface area contributed by atoms with Crippen molar-refractivity contribution in [3.8, 4) is 0 Å². The number of rotatable bonds is 4. The standard InChI is InChI=1S/C14H12F7NO/c1-8(13(16,17)18)10-3-5-11(6-4-10)12(15,14(19,20)21)7-22-9(2)23/h3-6H,1,7H2,2H3,(H,22,23)/t12-/m1/s1. The zero-order chi connectivity index (χ0) is 18.1. The number of allylic oxidation sites excluding steroid dienone is 1. The molecule has 2 nitrogen and oxygen atoms in total. The van der Waals surface area contributed by atoms with Gasteiger partial charge in [-0.3, -0.25) is 4.79 Å².